The molecule has 1 unspecified atom stereocenters. The summed E-state index contributed by atoms with van der Waals surface area (Å²) >= 11 is 0. The molecule has 192 valence electrons. The molecule has 0 radical (unpaired) electrons. The van der Waals surface area contributed by atoms with Gasteiger partial charge in [-0.05, 0) is 38.2 Å². The Kier molecular flexibility index (Phi) is 6.62. The Labute approximate surface area is 216 Å². The summed E-state index contributed by atoms with van der Waals surface area (Å²) in [7, 11) is 5.77. The minimum absolute atomic E-state index is 0.142. The molecular weight excluding hydrogens is 470 g/mol. The number of amides is 3. The minimum Gasteiger partial charge on any atom is -0.321 e. The molecule has 5 rings (SSSR count). The topological polar surface area (TPSA) is 103 Å². The third-order valence-corrected chi connectivity index (χ3v) is 6.73. The van der Waals surface area contributed by atoms with Crippen LogP contribution < -0.4 is 15.1 Å². The van der Waals surface area contributed by atoms with Crippen LogP contribution in [-0.4, -0.2) is 75.7 Å². The molecule has 0 fully saturated rings. The van der Waals surface area contributed by atoms with E-state index in [0.717, 1.165) is 35.6 Å². The number of benzene rings is 1. The number of carbonyl (C=O) groups excluding carboxylic acids is 2. The summed E-state index contributed by atoms with van der Waals surface area (Å²) in [6.07, 6.45) is 7.36. The van der Waals surface area contributed by atoms with Gasteiger partial charge >= 0.3 is 6.03 Å². The van der Waals surface area contributed by atoms with Crippen LogP contribution in [0.2, 0.25) is 0 Å². The molecule has 4 heterocycles. The van der Waals surface area contributed by atoms with Crippen LogP contribution in [0.5, 0.6) is 0 Å². The van der Waals surface area contributed by atoms with Crippen molar-refractivity contribution < 1.29 is 9.59 Å². The van der Waals surface area contributed by atoms with Crippen molar-refractivity contribution in [1.82, 2.24) is 29.5 Å². The summed E-state index contributed by atoms with van der Waals surface area (Å²) in [5.74, 6) is 0.835. The number of hydrogen-bond donors (Lipinski definition) is 1. The highest BCUT2D eigenvalue weighted by Gasteiger charge is 2.38. The first-order chi connectivity index (χ1) is 17.9. The fraction of sp³-hybridized carbons (Fsp3) is 0.346. The van der Waals surface area contributed by atoms with Crippen LogP contribution >= 0.6 is 0 Å². The first-order valence-electron chi connectivity index (χ1n) is 12.2. The Bertz CT molecular complexity index is 1340. The van der Waals surface area contributed by atoms with Gasteiger partial charge < -0.3 is 20.0 Å². The van der Waals surface area contributed by atoms with Gasteiger partial charge in [0.2, 0.25) is 11.9 Å². The number of para-hydroxylation sites is 1. The number of nitrogens with one attached hydrogen (secondary N) is 1. The molecule has 0 aliphatic carbocycles. The van der Waals surface area contributed by atoms with Crippen LogP contribution in [0.3, 0.4) is 0 Å². The molecule has 2 aromatic heterocycles. The molecule has 2 aliphatic heterocycles. The van der Waals surface area contributed by atoms with E-state index in [-0.39, 0.29) is 18.0 Å². The fourth-order valence-electron chi connectivity index (χ4n) is 4.83. The third-order valence-electron chi connectivity index (χ3n) is 6.73. The number of fused-ring (bicyclic) bond motifs is 2. The van der Waals surface area contributed by atoms with Gasteiger partial charge in [-0.1, -0.05) is 24.8 Å². The second-order valence-electron chi connectivity index (χ2n) is 9.49. The Morgan fingerprint density at radius 1 is 1.27 bits per heavy atom. The van der Waals surface area contributed by atoms with Gasteiger partial charge in [-0.25, -0.2) is 9.78 Å². The lowest BCUT2D eigenvalue weighted by Crippen LogP contribution is -2.49. The number of urea groups is 1. The van der Waals surface area contributed by atoms with E-state index in [1.807, 2.05) is 54.1 Å². The summed E-state index contributed by atoms with van der Waals surface area (Å²) in [6, 6.07) is 7.42. The molecule has 0 saturated carbocycles. The zero-order chi connectivity index (χ0) is 26.1. The van der Waals surface area contributed by atoms with Crippen LogP contribution in [0.4, 0.5) is 27.9 Å². The lowest BCUT2D eigenvalue weighted by Gasteiger charge is -2.43. The van der Waals surface area contributed by atoms with Crippen molar-refractivity contribution in [1.29, 1.82) is 0 Å². The molecule has 3 amide bonds. The predicted octanol–water partition coefficient (Wildman–Crippen LogP) is 3.01. The molecule has 0 bridgehead atoms. The Morgan fingerprint density at radius 3 is 2.86 bits per heavy atom. The van der Waals surface area contributed by atoms with Crippen molar-refractivity contribution in [2.24, 2.45) is 0 Å². The predicted molar refractivity (Wildman–Crippen MR) is 142 cm³/mol. The van der Waals surface area contributed by atoms with Crippen LogP contribution in [0.1, 0.15) is 23.6 Å². The van der Waals surface area contributed by atoms with Crippen molar-refractivity contribution in [3.8, 4) is 0 Å². The molecule has 3 aromatic rings. The van der Waals surface area contributed by atoms with Crippen LogP contribution in [0.15, 0.2) is 55.5 Å². The lowest BCUT2D eigenvalue weighted by molar-refractivity contribution is -0.114. The summed E-state index contributed by atoms with van der Waals surface area (Å²) in [5, 5.41) is 7.56. The molecule has 1 atom stereocenters. The average molecular weight is 502 g/mol. The number of carbonyl (C=O) groups is 2. The van der Waals surface area contributed by atoms with E-state index in [1.54, 1.807) is 29.2 Å². The van der Waals surface area contributed by atoms with E-state index in [0.29, 0.717) is 31.3 Å². The van der Waals surface area contributed by atoms with E-state index >= 15 is 0 Å². The molecule has 11 nitrogen and oxygen atoms in total. The van der Waals surface area contributed by atoms with Gasteiger partial charge in [-0.3, -0.25) is 14.4 Å². The maximum atomic E-state index is 13.5. The second-order valence-corrected chi connectivity index (χ2v) is 9.49. The number of aromatic nitrogens is 4. The van der Waals surface area contributed by atoms with Crippen molar-refractivity contribution in [2.75, 3.05) is 49.3 Å². The molecule has 37 heavy (non-hydrogen) atoms. The summed E-state index contributed by atoms with van der Waals surface area (Å²) < 4.78 is 1.86. The SMILES string of the molecule is C=CC(=O)N1CCC(N2Cc3cnc(Nc4cnn(CCN(C)C)c4)nc3N(C)C2=O)c2ccccc21. The largest absolute Gasteiger partial charge is 0.326 e. The normalized spacial score (nSPS) is 17.0. The van der Waals surface area contributed by atoms with Crippen molar-refractivity contribution >= 4 is 35.1 Å². The summed E-state index contributed by atoms with van der Waals surface area (Å²) in [4.78, 5) is 42.3. The Hall–Kier alpha value is -4.25. The van der Waals surface area contributed by atoms with Gasteiger partial charge in [0.1, 0.15) is 5.82 Å². The highest BCUT2D eigenvalue weighted by molar-refractivity contribution is 6.02. The number of anilines is 4. The minimum atomic E-state index is -0.168. The smallest absolute Gasteiger partial charge is 0.321 e. The first-order valence-corrected chi connectivity index (χ1v) is 12.2. The number of nitrogens with zero attached hydrogens (tertiary/aromatic N) is 8. The van der Waals surface area contributed by atoms with Crippen LogP contribution in [0, 0.1) is 0 Å². The van der Waals surface area contributed by atoms with Crippen molar-refractivity contribution in [2.45, 2.75) is 25.6 Å². The molecule has 0 spiro atoms. The van der Waals surface area contributed by atoms with Gasteiger partial charge in [0.15, 0.2) is 0 Å². The number of likely N-dealkylation sites (N-methyl/N-ethyl adjacent to an activating group) is 1. The molecular formula is C26H31N9O2. The van der Waals surface area contributed by atoms with Crippen molar-refractivity contribution in [3.63, 3.8) is 0 Å². The zero-order valence-electron chi connectivity index (χ0n) is 21.3. The summed E-state index contributed by atoms with van der Waals surface area (Å²) in [5.41, 5.74) is 3.39. The van der Waals surface area contributed by atoms with Gasteiger partial charge in [0, 0.05) is 43.8 Å². The molecule has 2 aliphatic rings. The van der Waals surface area contributed by atoms with Crippen LogP contribution in [-0.2, 0) is 17.9 Å². The highest BCUT2D eigenvalue weighted by Crippen LogP contribution is 2.41. The molecule has 0 saturated heterocycles. The van der Waals surface area contributed by atoms with Gasteiger partial charge in [0.05, 0.1) is 31.0 Å². The summed E-state index contributed by atoms with van der Waals surface area (Å²) in [6.45, 7) is 6.18. The van der Waals surface area contributed by atoms with Gasteiger partial charge in [0.25, 0.3) is 0 Å². The fourth-order valence-corrected chi connectivity index (χ4v) is 4.83. The standard InChI is InChI=1S/C26H31N9O2/c1-5-23(36)34-11-10-22(20-8-6-7-9-21(20)34)35-16-18-14-27-25(30-24(18)32(4)26(35)37)29-19-15-28-33(17-19)13-12-31(2)3/h5-9,14-15,17,22H,1,10-13,16H2,2-4H3,(H,27,29,30). The quantitative estimate of drug-likeness (QED) is 0.497. The second kappa shape index (κ2) is 10.0. The molecule has 1 aromatic carbocycles. The third kappa shape index (κ3) is 4.77. The van der Waals surface area contributed by atoms with Gasteiger partial charge in [-0.15, -0.1) is 0 Å². The maximum Gasteiger partial charge on any atom is 0.326 e. The van der Waals surface area contributed by atoms with Crippen molar-refractivity contribution in [3.05, 3.63) is 66.6 Å². The Balaban J connectivity index is 1.36. The van der Waals surface area contributed by atoms with E-state index in [2.05, 4.69) is 31.9 Å². The Morgan fingerprint density at radius 2 is 2.08 bits per heavy atom. The highest BCUT2D eigenvalue weighted by atomic mass is 16.2. The molecule has 1 N–H and O–H groups in total. The average Bonchev–Trinajstić information content (AvgIpc) is 3.36. The number of hydrogen-bond acceptors (Lipinski definition) is 7. The van der Waals surface area contributed by atoms with Gasteiger partial charge in [-0.2, -0.15) is 10.1 Å². The van der Waals surface area contributed by atoms with Crippen LogP contribution in [0.25, 0.3) is 0 Å². The van der Waals surface area contributed by atoms with E-state index in [4.69, 9.17) is 0 Å². The van der Waals surface area contributed by atoms with E-state index in [1.165, 1.54) is 6.08 Å². The first kappa shape index (κ1) is 24.4. The zero-order valence-corrected chi connectivity index (χ0v) is 21.3. The molecule has 11 heteroatoms. The lowest BCUT2D eigenvalue weighted by atomic mass is 9.94. The maximum absolute atomic E-state index is 13.5. The number of rotatable bonds is 7. The van der Waals surface area contributed by atoms with E-state index < -0.39 is 0 Å². The monoisotopic (exact) mass is 501 g/mol. The van der Waals surface area contributed by atoms with E-state index in [9.17, 15) is 9.59 Å².